The molecule has 1 aliphatic heterocycles. The van der Waals surface area contributed by atoms with E-state index in [4.69, 9.17) is 26.1 Å². The molecule has 0 spiro atoms. The first-order valence-electron chi connectivity index (χ1n) is 7.96. The molecule has 126 valence electrons. The molecule has 0 N–H and O–H groups in total. The monoisotopic (exact) mass is 346 g/mol. The maximum absolute atomic E-state index is 12.3. The highest BCUT2D eigenvalue weighted by Gasteiger charge is 2.29. The van der Waals surface area contributed by atoms with Crippen molar-refractivity contribution in [3.8, 4) is 11.4 Å². The molecule has 2 heterocycles. The highest BCUT2D eigenvalue weighted by molar-refractivity contribution is 6.30. The Labute approximate surface area is 146 Å². The fourth-order valence-corrected chi connectivity index (χ4v) is 3.01. The van der Waals surface area contributed by atoms with Gasteiger partial charge in [-0.3, -0.25) is 0 Å². The second kappa shape index (κ2) is 7.28. The zero-order valence-electron chi connectivity index (χ0n) is 13.7. The van der Waals surface area contributed by atoms with E-state index in [9.17, 15) is 4.79 Å². The molecule has 1 aromatic carbocycles. The third kappa shape index (κ3) is 3.28. The molecule has 0 radical (unpaired) electrons. The van der Waals surface area contributed by atoms with E-state index in [0.717, 1.165) is 17.7 Å². The Bertz CT molecular complexity index is 741. The van der Waals surface area contributed by atoms with Crippen LogP contribution in [0.2, 0.25) is 5.02 Å². The van der Waals surface area contributed by atoms with Crippen LogP contribution in [0.4, 0.5) is 0 Å². The number of rotatable bonds is 4. The average Bonchev–Trinajstić information content (AvgIpc) is 3.15. The number of carbonyl (C=O) groups excluding carboxylic acids is 1. The van der Waals surface area contributed by atoms with Crippen LogP contribution in [-0.4, -0.2) is 36.3 Å². The molecule has 1 aliphatic rings. The van der Waals surface area contributed by atoms with E-state index in [1.165, 1.54) is 7.11 Å². The predicted molar refractivity (Wildman–Crippen MR) is 91.4 cm³/mol. The molecule has 0 amide bonds. The third-order valence-corrected chi connectivity index (χ3v) is 4.41. The van der Waals surface area contributed by atoms with Crippen LogP contribution in [0.3, 0.4) is 0 Å². The Morgan fingerprint density at radius 1 is 1.33 bits per heavy atom. The van der Waals surface area contributed by atoms with Crippen molar-refractivity contribution in [2.75, 3.05) is 20.3 Å². The summed E-state index contributed by atoms with van der Waals surface area (Å²) >= 11 is 5.96. The molecule has 1 fully saturated rings. The van der Waals surface area contributed by atoms with Crippen LogP contribution in [-0.2, 0) is 15.9 Å². The van der Waals surface area contributed by atoms with Crippen molar-refractivity contribution in [2.24, 2.45) is 0 Å². The summed E-state index contributed by atoms with van der Waals surface area (Å²) in [6, 6.07) is 7.37. The van der Waals surface area contributed by atoms with Crippen LogP contribution in [0, 0.1) is 0 Å². The van der Waals surface area contributed by atoms with Crippen LogP contribution in [0.5, 0.6) is 0 Å². The highest BCUT2D eigenvalue weighted by atomic mass is 35.5. The van der Waals surface area contributed by atoms with Gasteiger partial charge < -0.3 is 9.47 Å². The van der Waals surface area contributed by atoms with E-state index in [1.54, 1.807) is 12.1 Å². The van der Waals surface area contributed by atoms with E-state index in [1.807, 2.05) is 19.1 Å². The summed E-state index contributed by atoms with van der Waals surface area (Å²) in [6.07, 6.45) is 1.46. The van der Waals surface area contributed by atoms with Crippen molar-refractivity contribution in [1.82, 2.24) is 9.97 Å². The number of aromatic nitrogens is 2. The highest BCUT2D eigenvalue weighted by Crippen LogP contribution is 2.31. The molecule has 1 atom stereocenters. The molecular formula is C18H19ClN2O3. The Morgan fingerprint density at radius 2 is 2.08 bits per heavy atom. The Balaban J connectivity index is 2.16. The maximum atomic E-state index is 12.3. The predicted octanol–water partition coefficient (Wildman–Crippen LogP) is 3.65. The molecule has 1 aromatic heterocycles. The number of carbonyl (C=O) groups is 1. The Morgan fingerprint density at radius 3 is 2.67 bits per heavy atom. The zero-order chi connectivity index (χ0) is 17.1. The number of aryl methyl sites for hydroxylation is 1. The van der Waals surface area contributed by atoms with Gasteiger partial charge in [-0.2, -0.15) is 0 Å². The topological polar surface area (TPSA) is 61.3 Å². The normalized spacial score (nSPS) is 17.0. The smallest absolute Gasteiger partial charge is 0.341 e. The van der Waals surface area contributed by atoms with Gasteiger partial charge in [0.1, 0.15) is 5.56 Å². The quantitative estimate of drug-likeness (QED) is 0.791. The Kier molecular flexibility index (Phi) is 5.11. The number of hydrogen-bond donors (Lipinski definition) is 0. The number of methoxy groups -OCH3 is 1. The number of halogens is 1. The van der Waals surface area contributed by atoms with E-state index >= 15 is 0 Å². The molecule has 1 saturated heterocycles. The summed E-state index contributed by atoms with van der Waals surface area (Å²) in [5, 5.41) is 0.657. The second-order valence-electron chi connectivity index (χ2n) is 5.67. The van der Waals surface area contributed by atoms with Crippen LogP contribution in [0.25, 0.3) is 11.4 Å². The molecule has 0 aliphatic carbocycles. The lowest BCUT2D eigenvalue weighted by atomic mass is 9.97. The number of hydrogen-bond acceptors (Lipinski definition) is 5. The largest absolute Gasteiger partial charge is 0.465 e. The van der Waals surface area contributed by atoms with Gasteiger partial charge in [0.15, 0.2) is 5.82 Å². The van der Waals surface area contributed by atoms with Crippen molar-refractivity contribution < 1.29 is 14.3 Å². The van der Waals surface area contributed by atoms with Crippen LogP contribution in [0.15, 0.2) is 24.3 Å². The van der Waals surface area contributed by atoms with Crippen molar-refractivity contribution in [3.05, 3.63) is 46.2 Å². The van der Waals surface area contributed by atoms with Crippen molar-refractivity contribution in [2.45, 2.75) is 25.7 Å². The van der Waals surface area contributed by atoms with Gasteiger partial charge in [-0.05, 0) is 37.1 Å². The third-order valence-electron chi connectivity index (χ3n) is 4.16. The van der Waals surface area contributed by atoms with Crippen molar-refractivity contribution in [3.63, 3.8) is 0 Å². The van der Waals surface area contributed by atoms with Gasteiger partial charge >= 0.3 is 5.97 Å². The van der Waals surface area contributed by atoms with Crippen molar-refractivity contribution in [1.29, 1.82) is 0 Å². The second-order valence-corrected chi connectivity index (χ2v) is 6.10. The summed E-state index contributed by atoms with van der Waals surface area (Å²) in [6.45, 7) is 3.20. The number of nitrogens with zero attached hydrogens (tertiary/aromatic N) is 2. The van der Waals surface area contributed by atoms with Crippen LogP contribution in [0.1, 0.15) is 41.0 Å². The van der Waals surface area contributed by atoms with E-state index < -0.39 is 5.97 Å². The van der Waals surface area contributed by atoms with Gasteiger partial charge in [0.05, 0.1) is 25.1 Å². The lowest BCUT2D eigenvalue weighted by molar-refractivity contribution is 0.0596. The summed E-state index contributed by atoms with van der Waals surface area (Å²) < 4.78 is 10.4. The molecule has 5 nitrogen and oxygen atoms in total. The number of benzene rings is 1. The first-order valence-corrected chi connectivity index (χ1v) is 8.34. The van der Waals surface area contributed by atoms with Gasteiger partial charge in [0.25, 0.3) is 0 Å². The summed E-state index contributed by atoms with van der Waals surface area (Å²) in [4.78, 5) is 21.6. The number of ether oxygens (including phenoxy) is 2. The number of esters is 1. The van der Waals surface area contributed by atoms with Gasteiger partial charge in [-0.15, -0.1) is 0 Å². The molecule has 0 saturated carbocycles. The molecule has 1 unspecified atom stereocenters. The molecule has 2 aromatic rings. The Hall–Kier alpha value is -1.98. The molecular weight excluding hydrogens is 328 g/mol. The minimum atomic E-state index is -0.392. The zero-order valence-corrected chi connectivity index (χ0v) is 14.5. The SMILES string of the molecule is CCc1nc(-c2ccc(Cl)cc2)nc(C2CCOC2)c1C(=O)OC. The van der Waals surface area contributed by atoms with Crippen molar-refractivity contribution >= 4 is 17.6 Å². The van der Waals surface area contributed by atoms with Gasteiger partial charge in [-0.1, -0.05) is 18.5 Å². The molecule has 3 rings (SSSR count). The van der Waals surface area contributed by atoms with Crippen LogP contribution >= 0.6 is 11.6 Å². The molecule has 0 bridgehead atoms. The first kappa shape index (κ1) is 16.9. The van der Waals surface area contributed by atoms with E-state index in [-0.39, 0.29) is 5.92 Å². The molecule has 24 heavy (non-hydrogen) atoms. The standard InChI is InChI=1S/C18H19ClN2O3/c1-3-14-15(18(22)23-2)16(12-8-9-24-10-12)21-17(20-14)11-4-6-13(19)7-5-11/h4-7,12H,3,8-10H2,1-2H3. The summed E-state index contributed by atoms with van der Waals surface area (Å²) in [5.74, 6) is 0.285. The first-order chi connectivity index (χ1) is 11.6. The van der Waals surface area contributed by atoms with Gasteiger partial charge in [-0.25, -0.2) is 14.8 Å². The van der Waals surface area contributed by atoms with Crippen LogP contribution < -0.4 is 0 Å². The van der Waals surface area contributed by atoms with E-state index in [0.29, 0.717) is 41.7 Å². The molecule has 6 heteroatoms. The summed E-state index contributed by atoms with van der Waals surface area (Å²) in [5.41, 5.74) is 2.76. The van der Waals surface area contributed by atoms with Gasteiger partial charge in [0.2, 0.25) is 0 Å². The minimum Gasteiger partial charge on any atom is -0.465 e. The van der Waals surface area contributed by atoms with E-state index in [2.05, 4.69) is 4.98 Å². The fraction of sp³-hybridized carbons (Fsp3) is 0.389. The summed E-state index contributed by atoms with van der Waals surface area (Å²) in [7, 11) is 1.38. The fourth-order valence-electron chi connectivity index (χ4n) is 2.88. The minimum absolute atomic E-state index is 0.0819. The lowest BCUT2D eigenvalue weighted by Gasteiger charge is -2.16. The average molecular weight is 347 g/mol. The van der Waals surface area contributed by atoms with Gasteiger partial charge in [0, 0.05) is 23.1 Å². The maximum Gasteiger partial charge on any atom is 0.341 e. The lowest BCUT2D eigenvalue weighted by Crippen LogP contribution is -2.17.